The molecule has 0 fully saturated rings. The van der Waals surface area contributed by atoms with Crippen molar-refractivity contribution in [2.45, 2.75) is 23.8 Å². The van der Waals surface area contributed by atoms with Gasteiger partial charge in [0, 0.05) is 17.3 Å². The Morgan fingerprint density at radius 3 is 2.54 bits per heavy atom. The molecular weight excluding hydrogens is 374 g/mol. The van der Waals surface area contributed by atoms with Crippen LogP contribution in [0.5, 0.6) is 5.75 Å². The molecule has 0 bridgehead atoms. The van der Waals surface area contributed by atoms with Crippen molar-refractivity contribution in [3.8, 4) is 17.0 Å². The number of hydrogen-bond acceptors (Lipinski definition) is 5. The number of benzene rings is 2. The van der Waals surface area contributed by atoms with Crippen LogP contribution in [0.4, 0.5) is 5.69 Å². The van der Waals surface area contributed by atoms with E-state index in [1.807, 2.05) is 37.3 Å². The molecule has 0 saturated heterocycles. The van der Waals surface area contributed by atoms with Gasteiger partial charge in [0.2, 0.25) is 5.91 Å². The van der Waals surface area contributed by atoms with Crippen molar-refractivity contribution < 1.29 is 9.53 Å². The molecule has 2 aromatic carbocycles. The van der Waals surface area contributed by atoms with Gasteiger partial charge in [0.05, 0.1) is 18.1 Å². The van der Waals surface area contributed by atoms with E-state index in [1.54, 1.807) is 31.4 Å². The molecule has 7 heteroatoms. The highest BCUT2D eigenvalue weighted by Crippen LogP contribution is 2.25. The average molecular weight is 395 g/mol. The van der Waals surface area contributed by atoms with E-state index in [1.165, 1.54) is 17.8 Å². The number of hydrogen-bond donors (Lipinski definition) is 2. The molecule has 3 aromatic rings. The zero-order chi connectivity index (χ0) is 19.9. The van der Waals surface area contributed by atoms with Crippen molar-refractivity contribution in [2.24, 2.45) is 0 Å². The molecule has 3 rings (SSSR count). The van der Waals surface area contributed by atoms with E-state index in [-0.39, 0.29) is 11.5 Å². The molecule has 1 aromatic heterocycles. The molecule has 1 heterocycles. The molecule has 1 atom stereocenters. The number of rotatable bonds is 7. The third-order valence-electron chi connectivity index (χ3n) is 4.06. The van der Waals surface area contributed by atoms with Gasteiger partial charge in [-0.15, -0.1) is 0 Å². The summed E-state index contributed by atoms with van der Waals surface area (Å²) in [4.78, 5) is 31.9. The van der Waals surface area contributed by atoms with Crippen LogP contribution in [0.1, 0.15) is 13.3 Å². The van der Waals surface area contributed by atoms with Crippen LogP contribution < -0.4 is 15.6 Å². The topological polar surface area (TPSA) is 84.1 Å². The number of carbonyl (C=O) groups excluding carboxylic acids is 1. The van der Waals surface area contributed by atoms with Crippen LogP contribution in [0, 0.1) is 0 Å². The number of methoxy groups -OCH3 is 1. The number of amides is 1. The predicted octanol–water partition coefficient (Wildman–Crippen LogP) is 3.95. The van der Waals surface area contributed by atoms with Crippen molar-refractivity contribution in [2.75, 3.05) is 12.4 Å². The number of aromatic nitrogens is 2. The number of nitrogens with one attached hydrogen (secondary N) is 2. The summed E-state index contributed by atoms with van der Waals surface area (Å²) in [6.07, 6.45) is 0.589. The first-order valence-electron chi connectivity index (χ1n) is 8.87. The quantitative estimate of drug-likeness (QED) is 0.467. The Balaban J connectivity index is 1.75. The minimum Gasteiger partial charge on any atom is -0.497 e. The van der Waals surface area contributed by atoms with Crippen molar-refractivity contribution >= 4 is 23.4 Å². The molecule has 0 spiro atoms. The second-order valence-electron chi connectivity index (χ2n) is 6.03. The van der Waals surface area contributed by atoms with Gasteiger partial charge in [-0.05, 0) is 30.7 Å². The van der Waals surface area contributed by atoms with Gasteiger partial charge in [-0.3, -0.25) is 9.59 Å². The second kappa shape index (κ2) is 9.23. The summed E-state index contributed by atoms with van der Waals surface area (Å²) in [6.45, 7) is 1.92. The Bertz CT molecular complexity index is 988. The largest absolute Gasteiger partial charge is 0.497 e. The Labute approximate surface area is 167 Å². The molecule has 0 aliphatic rings. The average Bonchev–Trinajstić information content (AvgIpc) is 2.72. The van der Waals surface area contributed by atoms with Crippen LogP contribution in [-0.4, -0.2) is 28.2 Å². The van der Waals surface area contributed by atoms with E-state index in [2.05, 4.69) is 15.3 Å². The zero-order valence-electron chi connectivity index (χ0n) is 15.6. The highest BCUT2D eigenvalue weighted by Gasteiger charge is 2.20. The van der Waals surface area contributed by atoms with Crippen LogP contribution in [-0.2, 0) is 4.79 Å². The molecular formula is C21H21N3O3S. The Morgan fingerprint density at radius 2 is 1.89 bits per heavy atom. The summed E-state index contributed by atoms with van der Waals surface area (Å²) in [6, 6.07) is 18.1. The minimum atomic E-state index is -0.392. The van der Waals surface area contributed by atoms with Gasteiger partial charge in [0.25, 0.3) is 5.56 Å². The van der Waals surface area contributed by atoms with Crippen LogP contribution in [0.25, 0.3) is 11.3 Å². The van der Waals surface area contributed by atoms with Gasteiger partial charge in [-0.2, -0.15) is 0 Å². The zero-order valence-corrected chi connectivity index (χ0v) is 16.5. The Hall–Kier alpha value is -3.06. The number of nitrogens with zero attached hydrogens (tertiary/aromatic N) is 1. The van der Waals surface area contributed by atoms with Crippen molar-refractivity contribution in [1.82, 2.24) is 9.97 Å². The summed E-state index contributed by atoms with van der Waals surface area (Å²) in [5.74, 6) is 0.573. The van der Waals surface area contributed by atoms with E-state index >= 15 is 0 Å². The smallest absolute Gasteiger partial charge is 0.252 e. The summed E-state index contributed by atoms with van der Waals surface area (Å²) >= 11 is 1.24. The highest BCUT2D eigenvalue weighted by molar-refractivity contribution is 8.00. The number of aromatic amines is 1. The summed E-state index contributed by atoms with van der Waals surface area (Å²) in [5, 5.41) is 2.92. The van der Waals surface area contributed by atoms with Crippen LogP contribution in [0.15, 0.2) is 70.6 Å². The number of carbonyl (C=O) groups is 1. The standard InChI is InChI=1S/C21H21N3O3S/c1-3-18(20(26)22-15-9-11-16(27-2)12-10-15)28-21-23-17(13-19(25)24-21)14-7-5-4-6-8-14/h4-13,18H,3H2,1-2H3,(H,22,26)(H,23,24,25). The summed E-state index contributed by atoms with van der Waals surface area (Å²) < 4.78 is 5.12. The van der Waals surface area contributed by atoms with Crippen molar-refractivity contribution in [3.05, 3.63) is 71.0 Å². The lowest BCUT2D eigenvalue weighted by Gasteiger charge is -2.14. The fraction of sp³-hybridized carbons (Fsp3) is 0.190. The monoisotopic (exact) mass is 395 g/mol. The Kier molecular flexibility index (Phi) is 6.49. The maximum atomic E-state index is 12.7. The fourth-order valence-electron chi connectivity index (χ4n) is 2.60. The maximum absolute atomic E-state index is 12.7. The second-order valence-corrected chi connectivity index (χ2v) is 7.23. The molecule has 0 radical (unpaired) electrons. The van der Waals surface area contributed by atoms with Gasteiger partial charge in [-0.25, -0.2) is 4.98 Å². The molecule has 6 nitrogen and oxygen atoms in total. The third kappa shape index (κ3) is 5.01. The first-order chi connectivity index (χ1) is 13.6. The first-order valence-corrected chi connectivity index (χ1v) is 9.75. The lowest BCUT2D eigenvalue weighted by Crippen LogP contribution is -2.25. The molecule has 2 N–H and O–H groups in total. The van der Waals surface area contributed by atoms with E-state index in [4.69, 9.17) is 4.74 Å². The lowest BCUT2D eigenvalue weighted by molar-refractivity contribution is -0.115. The fourth-order valence-corrected chi connectivity index (χ4v) is 3.51. The molecule has 144 valence electrons. The first kappa shape index (κ1) is 19.7. The van der Waals surface area contributed by atoms with Crippen LogP contribution >= 0.6 is 11.8 Å². The molecule has 1 unspecified atom stereocenters. The Morgan fingerprint density at radius 1 is 1.18 bits per heavy atom. The van der Waals surface area contributed by atoms with E-state index in [9.17, 15) is 9.59 Å². The number of anilines is 1. The van der Waals surface area contributed by atoms with Gasteiger partial charge in [0.1, 0.15) is 5.75 Å². The lowest BCUT2D eigenvalue weighted by atomic mass is 10.1. The molecule has 28 heavy (non-hydrogen) atoms. The van der Waals surface area contributed by atoms with E-state index < -0.39 is 5.25 Å². The van der Waals surface area contributed by atoms with E-state index in [0.29, 0.717) is 23.0 Å². The minimum absolute atomic E-state index is 0.148. The predicted molar refractivity (Wildman–Crippen MR) is 112 cm³/mol. The van der Waals surface area contributed by atoms with Gasteiger partial charge < -0.3 is 15.0 Å². The SMILES string of the molecule is CCC(Sc1nc(-c2ccccc2)cc(=O)[nH]1)C(=O)Nc1ccc(OC)cc1. The highest BCUT2D eigenvalue weighted by atomic mass is 32.2. The maximum Gasteiger partial charge on any atom is 0.252 e. The van der Waals surface area contributed by atoms with Gasteiger partial charge in [-0.1, -0.05) is 49.0 Å². The van der Waals surface area contributed by atoms with Crippen LogP contribution in [0.3, 0.4) is 0 Å². The molecule has 0 saturated carbocycles. The van der Waals surface area contributed by atoms with Crippen molar-refractivity contribution in [3.63, 3.8) is 0 Å². The van der Waals surface area contributed by atoms with Gasteiger partial charge >= 0.3 is 0 Å². The third-order valence-corrected chi connectivity index (χ3v) is 5.31. The van der Waals surface area contributed by atoms with Gasteiger partial charge in [0.15, 0.2) is 5.16 Å². The van der Waals surface area contributed by atoms with E-state index in [0.717, 1.165) is 11.3 Å². The van der Waals surface area contributed by atoms with Crippen molar-refractivity contribution in [1.29, 1.82) is 0 Å². The summed E-state index contributed by atoms with van der Waals surface area (Å²) in [7, 11) is 1.59. The normalized spacial score (nSPS) is 11.6. The molecule has 1 amide bonds. The van der Waals surface area contributed by atoms with Crippen LogP contribution in [0.2, 0.25) is 0 Å². The molecule has 0 aliphatic carbocycles. The number of ether oxygens (including phenoxy) is 1. The summed E-state index contributed by atoms with van der Waals surface area (Å²) in [5.41, 5.74) is 1.87. The number of thioether (sulfide) groups is 1. The number of H-pyrrole nitrogens is 1. The molecule has 0 aliphatic heterocycles.